The standard InChI is InChI=1S/C15H23FN2O/c1-11(17-3)14-12(16)5-4-6-13(14)18-9-7-15(2,19)8-10-18/h4-6,11,17,19H,7-10H2,1-3H3. The molecule has 1 aliphatic heterocycles. The zero-order valence-electron chi connectivity index (χ0n) is 11.9. The zero-order chi connectivity index (χ0) is 14.0. The number of nitrogens with one attached hydrogen (secondary N) is 1. The third kappa shape index (κ3) is 3.07. The SMILES string of the molecule is CNC(C)c1c(F)cccc1N1CCC(C)(O)CC1. The van der Waals surface area contributed by atoms with Crippen LogP contribution in [0.15, 0.2) is 18.2 Å². The van der Waals surface area contributed by atoms with Gasteiger partial charge in [-0.2, -0.15) is 0 Å². The van der Waals surface area contributed by atoms with Gasteiger partial charge in [0.2, 0.25) is 0 Å². The van der Waals surface area contributed by atoms with E-state index in [9.17, 15) is 9.50 Å². The van der Waals surface area contributed by atoms with E-state index in [0.29, 0.717) is 5.56 Å². The quantitative estimate of drug-likeness (QED) is 0.882. The number of rotatable bonds is 3. The van der Waals surface area contributed by atoms with Crippen molar-refractivity contribution in [2.24, 2.45) is 0 Å². The van der Waals surface area contributed by atoms with Gasteiger partial charge >= 0.3 is 0 Å². The number of hydrogen-bond acceptors (Lipinski definition) is 3. The molecule has 1 aromatic carbocycles. The van der Waals surface area contributed by atoms with Gasteiger partial charge in [-0.05, 0) is 45.9 Å². The highest BCUT2D eigenvalue weighted by Crippen LogP contribution is 2.32. The minimum atomic E-state index is -0.585. The Morgan fingerprint density at radius 3 is 2.58 bits per heavy atom. The highest BCUT2D eigenvalue weighted by molar-refractivity contribution is 5.56. The molecule has 1 unspecified atom stereocenters. The molecule has 1 aromatic rings. The van der Waals surface area contributed by atoms with Gasteiger partial charge in [-0.15, -0.1) is 0 Å². The first-order chi connectivity index (χ1) is 8.94. The highest BCUT2D eigenvalue weighted by atomic mass is 19.1. The summed E-state index contributed by atoms with van der Waals surface area (Å²) < 4.78 is 14.1. The molecular formula is C15H23FN2O. The normalized spacial score (nSPS) is 20.4. The second-order valence-corrected chi connectivity index (χ2v) is 5.67. The summed E-state index contributed by atoms with van der Waals surface area (Å²) in [6.07, 6.45) is 1.44. The summed E-state index contributed by atoms with van der Waals surface area (Å²) in [4.78, 5) is 2.17. The fraction of sp³-hybridized carbons (Fsp3) is 0.600. The van der Waals surface area contributed by atoms with Crippen molar-refractivity contribution in [1.29, 1.82) is 0 Å². The van der Waals surface area contributed by atoms with E-state index >= 15 is 0 Å². The van der Waals surface area contributed by atoms with Crippen molar-refractivity contribution in [3.8, 4) is 0 Å². The molecule has 1 saturated heterocycles. The smallest absolute Gasteiger partial charge is 0.130 e. The Labute approximate surface area is 114 Å². The average Bonchev–Trinajstić information content (AvgIpc) is 2.37. The largest absolute Gasteiger partial charge is 0.390 e. The van der Waals surface area contributed by atoms with Crippen LogP contribution in [-0.4, -0.2) is 30.8 Å². The van der Waals surface area contributed by atoms with E-state index in [2.05, 4.69) is 10.2 Å². The second kappa shape index (κ2) is 5.47. The summed E-state index contributed by atoms with van der Waals surface area (Å²) >= 11 is 0. The van der Waals surface area contributed by atoms with Crippen molar-refractivity contribution in [3.63, 3.8) is 0 Å². The van der Waals surface area contributed by atoms with Crippen LogP contribution in [0.2, 0.25) is 0 Å². The monoisotopic (exact) mass is 266 g/mol. The Balaban J connectivity index is 2.28. The number of anilines is 1. The van der Waals surface area contributed by atoms with Crippen LogP contribution in [0.1, 0.15) is 38.3 Å². The maximum atomic E-state index is 14.1. The number of hydrogen-bond donors (Lipinski definition) is 2. The second-order valence-electron chi connectivity index (χ2n) is 5.67. The van der Waals surface area contributed by atoms with E-state index in [4.69, 9.17) is 0 Å². The minimum absolute atomic E-state index is 0.0290. The molecule has 0 aliphatic carbocycles. The fourth-order valence-corrected chi connectivity index (χ4v) is 2.60. The maximum Gasteiger partial charge on any atom is 0.130 e. The van der Waals surface area contributed by atoms with Crippen LogP contribution >= 0.6 is 0 Å². The number of aliphatic hydroxyl groups is 1. The van der Waals surface area contributed by atoms with E-state index in [0.717, 1.165) is 31.6 Å². The van der Waals surface area contributed by atoms with Crippen LogP contribution in [-0.2, 0) is 0 Å². The van der Waals surface area contributed by atoms with E-state index in [1.807, 2.05) is 27.0 Å². The Hall–Kier alpha value is -1.13. The lowest BCUT2D eigenvalue weighted by atomic mass is 9.92. The van der Waals surface area contributed by atoms with Gasteiger partial charge < -0.3 is 15.3 Å². The van der Waals surface area contributed by atoms with Gasteiger partial charge in [0.05, 0.1) is 5.60 Å². The molecule has 1 heterocycles. The summed E-state index contributed by atoms with van der Waals surface area (Å²) in [6, 6.07) is 5.20. The fourth-order valence-electron chi connectivity index (χ4n) is 2.60. The van der Waals surface area contributed by atoms with Crippen LogP contribution in [0.25, 0.3) is 0 Å². The van der Waals surface area contributed by atoms with Crippen LogP contribution in [0.4, 0.5) is 10.1 Å². The van der Waals surface area contributed by atoms with Crippen LogP contribution < -0.4 is 10.2 Å². The average molecular weight is 266 g/mol. The Bertz CT molecular complexity index is 438. The molecule has 1 fully saturated rings. The number of benzene rings is 1. The Morgan fingerprint density at radius 1 is 1.37 bits per heavy atom. The minimum Gasteiger partial charge on any atom is -0.390 e. The molecular weight excluding hydrogens is 243 g/mol. The molecule has 0 saturated carbocycles. The molecule has 19 heavy (non-hydrogen) atoms. The summed E-state index contributed by atoms with van der Waals surface area (Å²) in [5.41, 5.74) is 1.07. The molecule has 0 bridgehead atoms. The molecule has 2 N–H and O–H groups in total. The van der Waals surface area contributed by atoms with Gasteiger partial charge in [0.25, 0.3) is 0 Å². The van der Waals surface area contributed by atoms with Gasteiger partial charge in [-0.3, -0.25) is 0 Å². The first kappa shape index (κ1) is 14.3. The van der Waals surface area contributed by atoms with Crippen molar-refractivity contribution < 1.29 is 9.50 Å². The van der Waals surface area contributed by atoms with E-state index < -0.39 is 5.60 Å². The molecule has 0 radical (unpaired) electrons. The highest BCUT2D eigenvalue weighted by Gasteiger charge is 2.29. The Morgan fingerprint density at radius 2 is 2.00 bits per heavy atom. The van der Waals surface area contributed by atoms with E-state index in [-0.39, 0.29) is 11.9 Å². The van der Waals surface area contributed by atoms with Crippen LogP contribution in [0.3, 0.4) is 0 Å². The van der Waals surface area contributed by atoms with Gasteiger partial charge in [-0.1, -0.05) is 6.07 Å². The predicted molar refractivity (Wildman–Crippen MR) is 75.9 cm³/mol. The predicted octanol–water partition coefficient (Wildman–Crippen LogP) is 2.46. The summed E-state index contributed by atoms with van der Waals surface area (Å²) in [5.74, 6) is -0.170. The topological polar surface area (TPSA) is 35.5 Å². The summed E-state index contributed by atoms with van der Waals surface area (Å²) in [5, 5.41) is 13.1. The third-order valence-corrected chi connectivity index (χ3v) is 4.08. The van der Waals surface area contributed by atoms with Crippen LogP contribution in [0.5, 0.6) is 0 Å². The molecule has 3 nitrogen and oxygen atoms in total. The molecule has 1 atom stereocenters. The van der Waals surface area contributed by atoms with Crippen molar-refractivity contribution in [1.82, 2.24) is 5.32 Å². The van der Waals surface area contributed by atoms with E-state index in [1.54, 1.807) is 6.07 Å². The molecule has 4 heteroatoms. The van der Waals surface area contributed by atoms with Gasteiger partial charge in [-0.25, -0.2) is 4.39 Å². The molecule has 2 rings (SSSR count). The first-order valence-electron chi connectivity index (χ1n) is 6.87. The van der Waals surface area contributed by atoms with Gasteiger partial charge in [0.15, 0.2) is 0 Å². The number of halogens is 1. The van der Waals surface area contributed by atoms with Crippen molar-refractivity contribution in [3.05, 3.63) is 29.6 Å². The molecule has 0 spiro atoms. The van der Waals surface area contributed by atoms with Crippen molar-refractivity contribution >= 4 is 5.69 Å². The lowest BCUT2D eigenvalue weighted by Gasteiger charge is -2.38. The van der Waals surface area contributed by atoms with Crippen molar-refractivity contribution in [2.45, 2.75) is 38.3 Å². The first-order valence-corrected chi connectivity index (χ1v) is 6.87. The summed E-state index contributed by atoms with van der Waals surface area (Å²) in [6.45, 7) is 5.36. The van der Waals surface area contributed by atoms with E-state index in [1.165, 1.54) is 6.07 Å². The molecule has 1 aliphatic rings. The zero-order valence-corrected chi connectivity index (χ0v) is 11.9. The van der Waals surface area contributed by atoms with Crippen molar-refractivity contribution in [2.75, 3.05) is 25.0 Å². The molecule has 0 amide bonds. The lowest BCUT2D eigenvalue weighted by Crippen LogP contribution is -2.43. The number of piperidine rings is 1. The number of nitrogens with zero attached hydrogens (tertiary/aromatic N) is 1. The summed E-state index contributed by atoms with van der Waals surface area (Å²) in [7, 11) is 1.84. The molecule has 106 valence electrons. The maximum absolute atomic E-state index is 14.1. The van der Waals surface area contributed by atoms with Gasteiger partial charge in [0, 0.05) is 30.4 Å². The Kier molecular flexibility index (Phi) is 4.11. The third-order valence-electron chi connectivity index (χ3n) is 4.08. The molecule has 0 aromatic heterocycles. The lowest BCUT2D eigenvalue weighted by molar-refractivity contribution is 0.0351. The van der Waals surface area contributed by atoms with Gasteiger partial charge in [0.1, 0.15) is 5.82 Å². The van der Waals surface area contributed by atoms with Crippen LogP contribution in [0, 0.1) is 5.82 Å².